The Kier molecular flexibility index (Phi) is 50.7. The van der Waals surface area contributed by atoms with Crippen LogP contribution in [0.5, 0.6) is 0 Å². The normalized spacial score (nSPS) is 21.2. The van der Waals surface area contributed by atoms with Gasteiger partial charge in [0.15, 0.2) is 0 Å². The first kappa shape index (κ1) is 92.8. The van der Waals surface area contributed by atoms with Crippen LogP contribution in [0, 0.1) is 128 Å². The third-order valence-electron chi connectivity index (χ3n) is 13.9. The van der Waals surface area contributed by atoms with Crippen molar-refractivity contribution in [2.24, 2.45) is 0 Å². The van der Waals surface area contributed by atoms with Crippen molar-refractivity contribution in [1.82, 2.24) is 0 Å². The fourth-order valence-corrected chi connectivity index (χ4v) is 21.6. The van der Waals surface area contributed by atoms with E-state index in [1.54, 1.807) is 69.5 Å². The Bertz CT molecular complexity index is 1220. The van der Waals surface area contributed by atoms with E-state index >= 15 is 0 Å². The Morgan fingerprint density at radius 3 is 0.392 bits per heavy atom. The topological polar surface area (TPSA) is 80.9 Å². The summed E-state index contributed by atoms with van der Waals surface area (Å²) in [6, 6.07) is 0. The summed E-state index contributed by atoms with van der Waals surface area (Å²) >= 11 is 0. The molecule has 0 aromatic rings. The number of aliphatic hydroxyl groups is 4. The summed E-state index contributed by atoms with van der Waals surface area (Å²) in [5.74, 6) is 24.5. The monoisotopic (exact) mass is 1420 g/mol. The Balaban J connectivity index is -0.000000146. The summed E-state index contributed by atoms with van der Waals surface area (Å²) in [5.41, 5.74) is 13.6. The van der Waals surface area contributed by atoms with Crippen molar-refractivity contribution in [1.29, 1.82) is 0 Å². The van der Waals surface area contributed by atoms with Crippen molar-refractivity contribution in [3.05, 3.63) is 140 Å². The Morgan fingerprint density at radius 1 is 0.243 bits per heavy atom. The molecule has 0 amide bonds. The molecule has 4 nitrogen and oxygen atoms in total. The first-order chi connectivity index (χ1) is 31.1. The molecule has 0 aliphatic heterocycles. The van der Waals surface area contributed by atoms with E-state index in [4.69, 9.17) is 20.4 Å². The third-order valence-corrected chi connectivity index (χ3v) is 24.9. The molecule has 0 bridgehead atoms. The molecule has 4 aliphatic rings. The zero-order valence-corrected chi connectivity index (χ0v) is 72.0. The van der Waals surface area contributed by atoms with E-state index in [0.29, 0.717) is 0 Å². The van der Waals surface area contributed by atoms with Gasteiger partial charge in [0.05, 0.1) is 32.3 Å². The molecule has 74 heavy (non-hydrogen) atoms. The number of aliphatic hydroxyl groups excluding tert-OH is 2. The summed E-state index contributed by atoms with van der Waals surface area (Å²) < 4.78 is 0. The number of hydrogen-bond acceptors (Lipinski definition) is 4. The van der Waals surface area contributed by atoms with Crippen LogP contribution in [0.4, 0.5) is 0 Å². The minimum absolute atomic E-state index is 0. The van der Waals surface area contributed by atoms with Crippen molar-refractivity contribution in [3.63, 3.8) is 0 Å². The van der Waals surface area contributed by atoms with Crippen LogP contribution in [0.25, 0.3) is 0 Å². The molecule has 0 atom stereocenters. The van der Waals surface area contributed by atoms with Gasteiger partial charge in [0.1, 0.15) is 13.6 Å². The molecule has 24 radical (unpaired) electrons. The van der Waals surface area contributed by atoms with Crippen LogP contribution >= 0.6 is 0 Å². The van der Waals surface area contributed by atoms with Crippen LogP contribution in [0.3, 0.4) is 0 Å². The Morgan fingerprint density at radius 2 is 0.338 bits per heavy atom. The molecular weight excluding hydrogens is 1310 g/mol. The van der Waals surface area contributed by atoms with Gasteiger partial charge in [0, 0.05) is 131 Å². The predicted octanol–water partition coefficient (Wildman–Crippen LogP) is 16.6. The van der Waals surface area contributed by atoms with E-state index in [9.17, 15) is 0 Å². The largest absolute Gasteiger partial charge is 0.393 e. The number of rotatable bonds is 7. The third kappa shape index (κ3) is 32.0. The molecule has 0 aromatic carbocycles. The van der Waals surface area contributed by atoms with Crippen LogP contribution in [0.1, 0.15) is 111 Å². The summed E-state index contributed by atoms with van der Waals surface area (Å²) in [5, 5.41) is 28.5. The first-order valence-corrected chi connectivity index (χ1v) is 46.7. The van der Waals surface area contributed by atoms with Crippen LogP contribution in [-0.2, 0) is 131 Å². The Hall–Kier alpha value is 5.04. The van der Waals surface area contributed by atoms with Crippen LogP contribution < -0.4 is 0 Å². The molecule has 0 spiro atoms. The van der Waals surface area contributed by atoms with E-state index in [0.717, 1.165) is 0 Å². The van der Waals surface area contributed by atoms with Gasteiger partial charge in [-0.2, -0.15) is 0 Å². The van der Waals surface area contributed by atoms with Crippen molar-refractivity contribution >= 4 is 48.4 Å². The van der Waals surface area contributed by atoms with E-state index in [-0.39, 0.29) is 131 Å². The van der Waals surface area contributed by atoms with Crippen LogP contribution in [0.15, 0.2) is 12.2 Å². The van der Waals surface area contributed by atoms with Crippen molar-refractivity contribution in [2.75, 3.05) is 13.6 Å². The van der Waals surface area contributed by atoms with Crippen molar-refractivity contribution in [2.45, 2.75) is 229 Å². The maximum absolute atomic E-state index is 7.12. The van der Waals surface area contributed by atoms with Crippen molar-refractivity contribution in [3.8, 4) is 0 Å². The number of allylic oxidation sites excluding steroid dienone is 2. The summed E-state index contributed by atoms with van der Waals surface area (Å²) in [4.78, 5) is 0. The molecule has 0 aromatic heterocycles. The van der Waals surface area contributed by atoms with E-state index in [1.165, 1.54) is 47.3 Å². The van der Waals surface area contributed by atoms with E-state index in [2.05, 4.69) is 240 Å². The minimum atomic E-state index is -1.13. The van der Waals surface area contributed by atoms with Crippen molar-refractivity contribution < 1.29 is 151 Å². The molecule has 4 rings (SSSR count). The SMILES string of the molecule is C[C]1[C](C)[C](C)[C]([Si](C)(C)C)[C]1C.C[C]1[C](C)[C](C)[C]([Si](C)(C)C)[C]1C.C[C]1[C](C)[C](C)[C]([Si](C)(C)C)[C]1C.C[C]1[C](C)[C](C)[C]([Si](C)(C)C)[C]1C.C[Si](C)(C)[C-]=CC=[C-][Si](C)(C)C.OCO.OCO.[Y].[Y].[Y].[Y]. The second kappa shape index (κ2) is 40.4. The molecule has 4 aliphatic carbocycles. The summed E-state index contributed by atoms with van der Waals surface area (Å²) in [6.07, 6.45) is 4.09. The molecule has 0 saturated heterocycles. The molecule has 14 heteroatoms. The maximum Gasteiger partial charge on any atom is 0.140 e. The van der Waals surface area contributed by atoms with Crippen LogP contribution in [-0.4, -0.2) is 82.5 Å². The van der Waals surface area contributed by atoms with Gasteiger partial charge in [-0.15, -0.1) is 0 Å². The number of hydrogen-bond donors (Lipinski definition) is 4. The quantitative estimate of drug-likeness (QED) is 0.0886. The standard InChI is InChI=1S/4C12H21Si.C10H20Si2.2CH4O2.4Y/c4*1-8-9(2)11(4)12(10(8)3)13(5,6)7;1-11(2,3)9-7-8-10-12(4,5)6;2*2-1-3;;;;/h4*1-7H3;7-8H,1-6H3;2*2-3H,1H2;;;;/q;;;;-2;;;;;;. The summed E-state index contributed by atoms with van der Waals surface area (Å²) in [7, 11) is -6.76. The smallest absolute Gasteiger partial charge is 0.140 e. The van der Waals surface area contributed by atoms with Gasteiger partial charge in [0.2, 0.25) is 0 Å². The van der Waals surface area contributed by atoms with E-state index in [1.807, 2.05) is 12.2 Å². The molecule has 0 heterocycles. The van der Waals surface area contributed by atoms with Gasteiger partial charge in [-0.05, 0) is 133 Å². The molecule has 414 valence electrons. The summed E-state index contributed by atoms with van der Waals surface area (Å²) in [6.45, 7) is 77.6. The second-order valence-corrected chi connectivity index (χ2v) is 55.5. The van der Waals surface area contributed by atoms with E-state index < -0.39 is 62.0 Å². The van der Waals surface area contributed by atoms with Gasteiger partial charge in [-0.3, -0.25) is 0 Å². The molecular formula is C60H112O4Si6Y4-2. The fraction of sp³-hybridized carbons (Fsp3) is 0.600. The molecule has 4 N–H and O–H groups in total. The predicted molar refractivity (Wildman–Crippen MR) is 330 cm³/mol. The average Bonchev–Trinajstić information content (AvgIpc) is 3.68. The van der Waals surface area contributed by atoms with Gasteiger partial charge in [-0.1, -0.05) is 229 Å². The van der Waals surface area contributed by atoms with Gasteiger partial charge >= 0.3 is 0 Å². The van der Waals surface area contributed by atoms with Crippen LogP contribution in [0.2, 0.25) is 118 Å². The van der Waals surface area contributed by atoms with Gasteiger partial charge < -0.3 is 44.0 Å². The average molecular weight is 1420 g/mol. The Labute approximate surface area is 574 Å². The molecule has 4 fully saturated rings. The minimum Gasteiger partial charge on any atom is -0.393 e. The fourth-order valence-electron chi connectivity index (χ4n) is 9.96. The maximum atomic E-state index is 7.12. The molecule has 0 unspecified atom stereocenters. The van der Waals surface area contributed by atoms with Gasteiger partial charge in [-0.25, -0.2) is 0 Å². The zero-order chi connectivity index (χ0) is 56.8. The van der Waals surface area contributed by atoms with Gasteiger partial charge in [0.25, 0.3) is 0 Å². The zero-order valence-electron chi connectivity index (χ0n) is 54.7. The first-order valence-electron chi connectivity index (χ1n) is 25.7. The second-order valence-electron chi connectivity index (χ2n) is 25.9. The molecule has 4 saturated carbocycles.